The number of nitrogens with two attached hydrogens (primary N) is 1. The lowest BCUT2D eigenvalue weighted by Crippen LogP contribution is -2.14. The summed E-state index contributed by atoms with van der Waals surface area (Å²) in [4.78, 5) is 8.81. The number of nitrogens with zero attached hydrogens (tertiary/aromatic N) is 4. The fourth-order valence-electron chi connectivity index (χ4n) is 3.51. The van der Waals surface area contributed by atoms with E-state index in [4.69, 9.17) is 17.3 Å². The van der Waals surface area contributed by atoms with Gasteiger partial charge in [-0.3, -0.25) is 0 Å². The van der Waals surface area contributed by atoms with Crippen molar-refractivity contribution in [3.05, 3.63) is 71.3 Å². The van der Waals surface area contributed by atoms with E-state index >= 15 is 0 Å². The molecule has 0 unspecified atom stereocenters. The van der Waals surface area contributed by atoms with Gasteiger partial charge >= 0.3 is 0 Å². The third-order valence-electron chi connectivity index (χ3n) is 5.43. The molecule has 0 aliphatic carbocycles. The summed E-state index contributed by atoms with van der Waals surface area (Å²) < 4.78 is 41.1. The number of halogens is 2. The Bertz CT molecular complexity index is 1500. The quantitative estimate of drug-likeness (QED) is 0.378. The third kappa shape index (κ3) is 4.90. The van der Waals surface area contributed by atoms with Crippen LogP contribution in [-0.2, 0) is 16.4 Å². The van der Waals surface area contributed by atoms with Crippen molar-refractivity contribution >= 4 is 27.3 Å². The molecule has 2 aromatic heterocycles. The molecule has 8 nitrogen and oxygen atoms in total. The molecule has 3 N–H and O–H groups in total. The van der Waals surface area contributed by atoms with Crippen LogP contribution in [0.1, 0.15) is 19.4 Å². The number of nitrogens with one attached hydrogen (secondary N) is 1. The smallest absolute Gasteiger partial charge is 0.196 e. The lowest BCUT2D eigenvalue weighted by Gasteiger charge is -2.11. The van der Waals surface area contributed by atoms with Gasteiger partial charge in [-0.2, -0.15) is 5.10 Å². The van der Waals surface area contributed by atoms with Crippen LogP contribution in [0.25, 0.3) is 28.3 Å². The lowest BCUT2D eigenvalue weighted by atomic mass is 10.1. The molecule has 0 amide bonds. The number of sulfone groups is 1. The minimum atomic E-state index is -3.53. The minimum absolute atomic E-state index is 0.0565. The van der Waals surface area contributed by atoms with Gasteiger partial charge < -0.3 is 11.1 Å². The second kappa shape index (κ2) is 9.73. The van der Waals surface area contributed by atoms with Gasteiger partial charge in [0.25, 0.3) is 0 Å². The number of aromatic nitrogens is 4. The Kier molecular flexibility index (Phi) is 6.88. The van der Waals surface area contributed by atoms with E-state index < -0.39 is 15.1 Å². The molecular weight excluding hydrogens is 491 g/mol. The molecule has 4 rings (SSSR count). The fourth-order valence-corrected chi connectivity index (χ4v) is 5.11. The third-order valence-corrected chi connectivity index (χ3v) is 8.07. The number of anilines is 1. The topological polar surface area (TPSA) is 116 Å². The Morgan fingerprint density at radius 3 is 2.57 bits per heavy atom. The molecule has 2 heterocycles. The second-order valence-electron chi connectivity index (χ2n) is 8.19. The first kappa shape index (κ1) is 24.8. The van der Waals surface area contributed by atoms with Gasteiger partial charge in [0.2, 0.25) is 0 Å². The molecular formula is C24H24ClFN6O2S. The summed E-state index contributed by atoms with van der Waals surface area (Å²) in [5, 5.41) is 6.91. The first-order valence-corrected chi connectivity index (χ1v) is 12.7. The van der Waals surface area contributed by atoms with Gasteiger partial charge in [0, 0.05) is 23.9 Å². The molecule has 0 aliphatic heterocycles. The molecule has 4 aromatic rings. The van der Waals surface area contributed by atoms with Crippen molar-refractivity contribution in [3.8, 4) is 28.3 Å². The maximum absolute atomic E-state index is 14.7. The Hall–Kier alpha value is -3.34. The number of benzene rings is 2. The first-order chi connectivity index (χ1) is 16.6. The van der Waals surface area contributed by atoms with Gasteiger partial charge in [-0.25, -0.2) is 27.5 Å². The molecule has 0 saturated carbocycles. The van der Waals surface area contributed by atoms with Crippen molar-refractivity contribution in [3.63, 3.8) is 0 Å². The number of nitrogen functional groups attached to an aromatic ring is 1. The van der Waals surface area contributed by atoms with Crippen molar-refractivity contribution in [2.75, 3.05) is 12.8 Å². The summed E-state index contributed by atoms with van der Waals surface area (Å²) in [5.74, 6) is -0.0174. The van der Waals surface area contributed by atoms with Crippen molar-refractivity contribution in [2.24, 2.45) is 0 Å². The zero-order chi connectivity index (χ0) is 25.3. The number of rotatable bonds is 7. The second-order valence-corrected chi connectivity index (χ2v) is 11.1. The fraction of sp³-hybridized carbons (Fsp3) is 0.208. The van der Waals surface area contributed by atoms with E-state index in [1.165, 1.54) is 29.1 Å². The molecule has 0 spiro atoms. The van der Waals surface area contributed by atoms with Crippen LogP contribution in [0.2, 0.25) is 5.02 Å². The first-order valence-electron chi connectivity index (χ1n) is 10.8. The van der Waals surface area contributed by atoms with E-state index in [2.05, 4.69) is 20.4 Å². The predicted molar refractivity (Wildman–Crippen MR) is 134 cm³/mol. The summed E-state index contributed by atoms with van der Waals surface area (Å²) in [6, 6.07) is 11.2. The van der Waals surface area contributed by atoms with Crippen LogP contribution in [0.15, 0.2) is 59.8 Å². The standard InChI is InChI=1S/C24H24ClFN6O2S/c1-14(2)35(33,34)22-7-5-16(11-18(22)25)21-13-29-23(27)24(30-21)32-9-8-20(31-32)17-6-4-15(12-28-3)10-19(17)26/h4-11,13-14,28H,12H2,1-3H3,(H2,27,29). The molecule has 0 radical (unpaired) electrons. The SMILES string of the molecule is CNCc1ccc(-c2ccn(-c3nc(-c4ccc(S(=O)(=O)C(C)C)c(Cl)c4)cnc3N)n2)c(F)c1. The van der Waals surface area contributed by atoms with E-state index in [9.17, 15) is 12.8 Å². The van der Waals surface area contributed by atoms with Crippen molar-refractivity contribution in [1.82, 2.24) is 25.1 Å². The molecule has 0 aliphatic rings. The van der Waals surface area contributed by atoms with E-state index in [-0.39, 0.29) is 27.4 Å². The van der Waals surface area contributed by atoms with Gasteiger partial charge in [0.05, 0.1) is 32.8 Å². The normalized spacial score (nSPS) is 11.8. The van der Waals surface area contributed by atoms with E-state index in [0.29, 0.717) is 29.1 Å². The lowest BCUT2D eigenvalue weighted by molar-refractivity contribution is 0.587. The van der Waals surface area contributed by atoms with Crippen LogP contribution >= 0.6 is 11.6 Å². The average Bonchev–Trinajstić information content (AvgIpc) is 3.29. The maximum atomic E-state index is 14.7. The Labute approximate surface area is 207 Å². The summed E-state index contributed by atoms with van der Waals surface area (Å²) >= 11 is 6.30. The monoisotopic (exact) mass is 514 g/mol. The van der Waals surface area contributed by atoms with Crippen LogP contribution in [0.5, 0.6) is 0 Å². The van der Waals surface area contributed by atoms with Gasteiger partial charge in [-0.05, 0) is 56.8 Å². The van der Waals surface area contributed by atoms with E-state index in [1.807, 2.05) is 6.07 Å². The van der Waals surface area contributed by atoms with Gasteiger partial charge in [-0.1, -0.05) is 23.7 Å². The van der Waals surface area contributed by atoms with Crippen LogP contribution in [-0.4, -0.2) is 40.5 Å². The number of hydrogen-bond donors (Lipinski definition) is 2. The zero-order valence-electron chi connectivity index (χ0n) is 19.3. The Morgan fingerprint density at radius 2 is 1.91 bits per heavy atom. The van der Waals surface area contributed by atoms with Crippen LogP contribution < -0.4 is 11.1 Å². The van der Waals surface area contributed by atoms with Crippen LogP contribution in [0, 0.1) is 5.82 Å². The zero-order valence-corrected chi connectivity index (χ0v) is 20.9. The van der Waals surface area contributed by atoms with Gasteiger partial charge in [0.15, 0.2) is 21.5 Å². The van der Waals surface area contributed by atoms with Crippen molar-refractivity contribution in [1.29, 1.82) is 0 Å². The highest BCUT2D eigenvalue weighted by molar-refractivity contribution is 7.92. The summed E-state index contributed by atoms with van der Waals surface area (Å²) in [6.45, 7) is 3.75. The molecule has 0 fully saturated rings. The van der Waals surface area contributed by atoms with E-state index in [1.54, 1.807) is 45.3 Å². The molecule has 35 heavy (non-hydrogen) atoms. The highest BCUT2D eigenvalue weighted by atomic mass is 35.5. The van der Waals surface area contributed by atoms with Gasteiger partial charge in [0.1, 0.15) is 5.82 Å². The molecule has 182 valence electrons. The van der Waals surface area contributed by atoms with E-state index in [0.717, 1.165) is 5.56 Å². The van der Waals surface area contributed by atoms with Crippen molar-refractivity contribution < 1.29 is 12.8 Å². The molecule has 0 bridgehead atoms. The average molecular weight is 515 g/mol. The summed E-state index contributed by atoms with van der Waals surface area (Å²) in [5.41, 5.74) is 8.62. The predicted octanol–water partition coefficient (Wildman–Crippen LogP) is 4.27. The Balaban J connectivity index is 1.69. The maximum Gasteiger partial charge on any atom is 0.196 e. The van der Waals surface area contributed by atoms with Crippen LogP contribution in [0.3, 0.4) is 0 Å². The van der Waals surface area contributed by atoms with Crippen molar-refractivity contribution in [2.45, 2.75) is 30.5 Å². The molecule has 11 heteroatoms. The highest BCUT2D eigenvalue weighted by Crippen LogP contribution is 2.30. The molecule has 0 saturated heterocycles. The van der Waals surface area contributed by atoms with Crippen LogP contribution in [0.4, 0.5) is 10.2 Å². The summed E-state index contributed by atoms with van der Waals surface area (Å²) in [6.07, 6.45) is 3.08. The van der Waals surface area contributed by atoms with Gasteiger partial charge in [-0.15, -0.1) is 0 Å². The molecule has 0 atom stereocenters. The number of hydrogen-bond acceptors (Lipinski definition) is 7. The largest absolute Gasteiger partial charge is 0.381 e. The highest BCUT2D eigenvalue weighted by Gasteiger charge is 2.23. The summed E-state index contributed by atoms with van der Waals surface area (Å²) in [7, 11) is -1.74. The molecule has 2 aromatic carbocycles. The Morgan fingerprint density at radius 1 is 1.14 bits per heavy atom. The minimum Gasteiger partial charge on any atom is -0.381 e.